The number of aromatic nitrogens is 3. The van der Waals surface area contributed by atoms with Gasteiger partial charge in [0.25, 0.3) is 0 Å². The molecule has 0 saturated carbocycles. The number of benzene rings is 2. The summed E-state index contributed by atoms with van der Waals surface area (Å²) in [6.07, 6.45) is 7.31. The number of sulfonamides is 1. The number of aldehydes is 1. The van der Waals surface area contributed by atoms with E-state index >= 15 is 0 Å². The summed E-state index contributed by atoms with van der Waals surface area (Å²) < 4.78 is 37.8. The van der Waals surface area contributed by atoms with Gasteiger partial charge in [0.2, 0.25) is 10.0 Å². The molecule has 1 aliphatic heterocycles. The molecule has 1 atom stereocenters. The van der Waals surface area contributed by atoms with Crippen molar-refractivity contribution in [2.24, 2.45) is 7.05 Å². The van der Waals surface area contributed by atoms with Crippen LogP contribution in [0.25, 0.3) is 10.9 Å². The van der Waals surface area contributed by atoms with Crippen molar-refractivity contribution in [3.8, 4) is 5.75 Å². The molecule has 194 valence electrons. The molecule has 1 aliphatic rings. The normalized spacial score (nSPS) is 16.6. The first-order valence-electron chi connectivity index (χ1n) is 12.2. The molecular formula is C27H30N4O4S2. The van der Waals surface area contributed by atoms with E-state index in [0.717, 1.165) is 39.2 Å². The molecule has 4 aromatic rings. The van der Waals surface area contributed by atoms with Crippen LogP contribution in [0.2, 0.25) is 0 Å². The lowest BCUT2D eigenvalue weighted by Crippen LogP contribution is -2.28. The summed E-state index contributed by atoms with van der Waals surface area (Å²) >= 11 is 1.56. The fourth-order valence-electron chi connectivity index (χ4n) is 4.79. The first kappa shape index (κ1) is 25.6. The van der Waals surface area contributed by atoms with Crippen molar-refractivity contribution in [2.75, 3.05) is 13.1 Å². The van der Waals surface area contributed by atoms with E-state index < -0.39 is 10.0 Å². The molecule has 1 fully saturated rings. The molecule has 2 aromatic carbocycles. The molecule has 3 heterocycles. The summed E-state index contributed by atoms with van der Waals surface area (Å²) in [5.41, 5.74) is 2.03. The Morgan fingerprint density at radius 3 is 2.65 bits per heavy atom. The molecule has 10 heteroatoms. The van der Waals surface area contributed by atoms with Crippen molar-refractivity contribution in [2.45, 2.75) is 53.8 Å². The Hall–Kier alpha value is -3.08. The Morgan fingerprint density at radius 1 is 1.19 bits per heavy atom. The molecule has 8 nitrogen and oxygen atoms in total. The van der Waals surface area contributed by atoms with Crippen LogP contribution in [0.5, 0.6) is 5.75 Å². The third-order valence-corrected chi connectivity index (χ3v) is 9.51. The minimum absolute atomic E-state index is 0.0209. The lowest BCUT2D eigenvalue weighted by Gasteiger charge is -2.17. The number of imidazole rings is 1. The maximum absolute atomic E-state index is 13.4. The van der Waals surface area contributed by atoms with E-state index in [2.05, 4.69) is 23.2 Å². The van der Waals surface area contributed by atoms with Crippen molar-refractivity contribution >= 4 is 39.0 Å². The van der Waals surface area contributed by atoms with Gasteiger partial charge in [-0.15, -0.1) is 0 Å². The number of carbonyl (C=O) groups is 1. The number of fused-ring (bicyclic) bond motifs is 1. The zero-order valence-electron chi connectivity index (χ0n) is 21.1. The first-order chi connectivity index (χ1) is 17.8. The van der Waals surface area contributed by atoms with Gasteiger partial charge >= 0.3 is 0 Å². The Labute approximate surface area is 221 Å². The van der Waals surface area contributed by atoms with E-state index in [0.29, 0.717) is 18.8 Å². The number of hydrogen-bond acceptors (Lipinski definition) is 6. The largest absolute Gasteiger partial charge is 0.491 e. The van der Waals surface area contributed by atoms with Crippen LogP contribution in [0.3, 0.4) is 0 Å². The number of rotatable bonds is 9. The van der Waals surface area contributed by atoms with Gasteiger partial charge in [-0.1, -0.05) is 17.8 Å². The monoisotopic (exact) mass is 538 g/mol. The molecule has 2 aromatic heterocycles. The quantitative estimate of drug-likeness (QED) is 0.288. The molecule has 5 rings (SSSR count). The third kappa shape index (κ3) is 5.18. The lowest BCUT2D eigenvalue weighted by atomic mass is 9.98. The Morgan fingerprint density at radius 2 is 1.97 bits per heavy atom. The summed E-state index contributed by atoms with van der Waals surface area (Å²) in [6.45, 7) is 4.95. The smallest absolute Gasteiger partial charge is 0.243 e. The fraction of sp³-hybridized carbons (Fsp3) is 0.333. The van der Waals surface area contributed by atoms with Crippen LogP contribution >= 0.6 is 11.8 Å². The van der Waals surface area contributed by atoms with Crippen LogP contribution in [0, 0.1) is 0 Å². The molecule has 0 radical (unpaired) electrons. The van der Waals surface area contributed by atoms with Gasteiger partial charge in [-0.25, -0.2) is 13.4 Å². The molecule has 37 heavy (non-hydrogen) atoms. The minimum atomic E-state index is -3.62. The molecule has 0 amide bonds. The van der Waals surface area contributed by atoms with E-state index in [1.807, 2.05) is 42.4 Å². The van der Waals surface area contributed by atoms with Crippen molar-refractivity contribution in [1.29, 1.82) is 0 Å². The molecular weight excluding hydrogens is 508 g/mol. The van der Waals surface area contributed by atoms with E-state index in [1.165, 1.54) is 0 Å². The Bertz CT molecular complexity index is 1520. The van der Waals surface area contributed by atoms with Crippen LogP contribution in [0.15, 0.2) is 76.0 Å². The second kappa shape index (κ2) is 10.4. The number of ether oxygens (including phenoxy) is 1. The van der Waals surface area contributed by atoms with E-state index in [9.17, 15) is 13.2 Å². The summed E-state index contributed by atoms with van der Waals surface area (Å²) in [6, 6.07) is 12.8. The summed E-state index contributed by atoms with van der Waals surface area (Å²) in [7, 11) is -1.67. The molecule has 0 bridgehead atoms. The third-order valence-electron chi connectivity index (χ3n) is 6.57. The van der Waals surface area contributed by atoms with Crippen molar-refractivity contribution in [3.63, 3.8) is 0 Å². The minimum Gasteiger partial charge on any atom is -0.491 e. The predicted molar refractivity (Wildman–Crippen MR) is 144 cm³/mol. The Balaban J connectivity index is 1.39. The van der Waals surface area contributed by atoms with Crippen LogP contribution in [0.1, 0.15) is 31.7 Å². The van der Waals surface area contributed by atoms with Gasteiger partial charge in [0.15, 0.2) is 5.16 Å². The van der Waals surface area contributed by atoms with Gasteiger partial charge in [0.1, 0.15) is 12.0 Å². The van der Waals surface area contributed by atoms with Crippen molar-refractivity contribution in [3.05, 3.63) is 66.6 Å². The van der Waals surface area contributed by atoms with Gasteiger partial charge in [0, 0.05) is 60.4 Å². The molecule has 0 N–H and O–H groups in total. The van der Waals surface area contributed by atoms with Gasteiger partial charge in [-0.05, 0) is 62.2 Å². The maximum atomic E-state index is 13.4. The second-order valence-electron chi connectivity index (χ2n) is 9.49. The number of carbonyl (C=O) groups excluding carboxylic acids is 1. The fourth-order valence-corrected chi connectivity index (χ4v) is 7.12. The zero-order chi connectivity index (χ0) is 26.2. The SMILES string of the molecule is CC(C)Oc1ccc(S(=O)(=O)N2CCC(c3cn(CC=O)c4cc(Sc5nccn5C)ccc34)C2)cc1. The van der Waals surface area contributed by atoms with E-state index in [1.54, 1.807) is 46.5 Å². The van der Waals surface area contributed by atoms with Crippen molar-refractivity contribution in [1.82, 2.24) is 18.4 Å². The Kier molecular flexibility index (Phi) is 7.15. The van der Waals surface area contributed by atoms with Gasteiger partial charge in [-0.2, -0.15) is 4.31 Å². The highest BCUT2D eigenvalue weighted by Gasteiger charge is 2.34. The van der Waals surface area contributed by atoms with E-state index in [4.69, 9.17) is 4.74 Å². The highest BCUT2D eigenvalue weighted by atomic mass is 32.2. The van der Waals surface area contributed by atoms with E-state index in [-0.39, 0.29) is 23.5 Å². The second-order valence-corrected chi connectivity index (χ2v) is 12.5. The molecule has 0 spiro atoms. The van der Waals surface area contributed by atoms with Crippen LogP contribution in [-0.2, 0) is 28.4 Å². The average molecular weight is 539 g/mol. The summed E-state index contributed by atoms with van der Waals surface area (Å²) in [4.78, 5) is 17.1. The average Bonchev–Trinajstić information content (AvgIpc) is 3.59. The van der Waals surface area contributed by atoms with Crippen LogP contribution < -0.4 is 4.74 Å². The highest BCUT2D eigenvalue weighted by Crippen LogP contribution is 2.38. The molecule has 1 unspecified atom stereocenters. The lowest BCUT2D eigenvalue weighted by molar-refractivity contribution is -0.108. The number of aryl methyl sites for hydroxylation is 1. The number of hydrogen-bond donors (Lipinski definition) is 0. The molecule has 0 aliphatic carbocycles. The van der Waals surface area contributed by atoms with Crippen LogP contribution in [-0.4, -0.2) is 52.3 Å². The predicted octanol–water partition coefficient (Wildman–Crippen LogP) is 4.69. The number of nitrogens with zero attached hydrogens (tertiary/aromatic N) is 4. The topological polar surface area (TPSA) is 86.4 Å². The molecule has 1 saturated heterocycles. The standard InChI is InChI=1S/C27H30N4O4S2/c1-19(2)35-21-4-7-23(8-5-21)37(33,34)31-12-10-20(17-31)25-18-30(14-15-32)26-16-22(6-9-24(25)26)36-27-28-11-13-29(27)3/h4-9,11,13,15-16,18-20H,10,12,14,17H2,1-3H3. The van der Waals surface area contributed by atoms with Gasteiger partial charge in [-0.3, -0.25) is 0 Å². The summed E-state index contributed by atoms with van der Waals surface area (Å²) in [5.74, 6) is 0.693. The van der Waals surface area contributed by atoms with Gasteiger partial charge in [0.05, 0.1) is 17.5 Å². The maximum Gasteiger partial charge on any atom is 0.243 e. The van der Waals surface area contributed by atoms with Crippen molar-refractivity contribution < 1.29 is 17.9 Å². The highest BCUT2D eigenvalue weighted by molar-refractivity contribution is 7.99. The van der Waals surface area contributed by atoms with Gasteiger partial charge < -0.3 is 18.7 Å². The first-order valence-corrected chi connectivity index (χ1v) is 14.5. The van der Waals surface area contributed by atoms with Crippen LogP contribution in [0.4, 0.5) is 0 Å². The summed E-state index contributed by atoms with van der Waals surface area (Å²) in [5, 5.41) is 1.93. The zero-order valence-corrected chi connectivity index (χ0v) is 22.7.